The molecule has 0 amide bonds. The minimum absolute atomic E-state index is 0.544. The van der Waals surface area contributed by atoms with Crippen LogP contribution in [0.2, 0.25) is 5.15 Å². The van der Waals surface area contributed by atoms with Crippen LogP contribution in [0.3, 0.4) is 0 Å². The molecule has 3 aromatic rings. The summed E-state index contributed by atoms with van der Waals surface area (Å²) in [6.45, 7) is 4.74. The second kappa shape index (κ2) is 7.18. The Morgan fingerprint density at radius 1 is 1.17 bits per heavy atom. The third kappa shape index (κ3) is 3.36. The van der Waals surface area contributed by atoms with E-state index in [4.69, 9.17) is 16.6 Å². The Morgan fingerprint density at radius 3 is 2.71 bits per heavy atom. The van der Waals surface area contributed by atoms with E-state index in [9.17, 15) is 0 Å². The molecule has 0 saturated carbocycles. The molecular weight excluding hydrogens is 322 g/mol. The van der Waals surface area contributed by atoms with Crippen LogP contribution in [0.1, 0.15) is 30.6 Å². The molecule has 0 spiro atoms. The van der Waals surface area contributed by atoms with Crippen LogP contribution in [0.15, 0.2) is 24.3 Å². The van der Waals surface area contributed by atoms with Crippen molar-refractivity contribution < 1.29 is 0 Å². The van der Waals surface area contributed by atoms with E-state index < -0.39 is 0 Å². The van der Waals surface area contributed by atoms with Gasteiger partial charge in [-0.15, -0.1) is 0 Å². The van der Waals surface area contributed by atoms with E-state index in [1.807, 2.05) is 19.1 Å². The Hall–Kier alpha value is -2.14. The zero-order valence-electron chi connectivity index (χ0n) is 14.3. The maximum Gasteiger partial charge on any atom is 0.138 e. The highest BCUT2D eigenvalue weighted by Gasteiger charge is 2.10. The molecule has 2 aromatic heterocycles. The van der Waals surface area contributed by atoms with E-state index >= 15 is 0 Å². The lowest BCUT2D eigenvalue weighted by molar-refractivity contribution is 0.751. The molecule has 0 aliphatic heterocycles. The summed E-state index contributed by atoms with van der Waals surface area (Å²) in [5.41, 5.74) is 3.20. The summed E-state index contributed by atoms with van der Waals surface area (Å²) < 4.78 is 2.17. The van der Waals surface area contributed by atoms with Gasteiger partial charge in [0, 0.05) is 25.6 Å². The van der Waals surface area contributed by atoms with Gasteiger partial charge in [-0.25, -0.2) is 15.0 Å². The third-order valence-corrected chi connectivity index (χ3v) is 4.48. The number of fused-ring (bicyclic) bond motifs is 1. The van der Waals surface area contributed by atoms with Gasteiger partial charge in [-0.3, -0.25) is 0 Å². The van der Waals surface area contributed by atoms with Gasteiger partial charge in [0.15, 0.2) is 0 Å². The molecule has 0 aliphatic carbocycles. The Balaban J connectivity index is 1.64. The van der Waals surface area contributed by atoms with Gasteiger partial charge in [0.05, 0.1) is 11.0 Å². The van der Waals surface area contributed by atoms with E-state index in [0.29, 0.717) is 11.0 Å². The number of halogens is 1. The fourth-order valence-electron chi connectivity index (χ4n) is 2.89. The van der Waals surface area contributed by atoms with Gasteiger partial charge >= 0.3 is 0 Å². The van der Waals surface area contributed by atoms with Crippen molar-refractivity contribution in [1.82, 2.24) is 19.5 Å². The Bertz CT molecular complexity index is 856. The number of hydrogen-bond acceptors (Lipinski definition) is 4. The fourth-order valence-corrected chi connectivity index (χ4v) is 3.24. The predicted molar refractivity (Wildman–Crippen MR) is 98.7 cm³/mol. The SMILES string of the molecule is CCc1c(Cl)nc(C)nc1NCCCc1nc2ccccc2n1C. The van der Waals surface area contributed by atoms with Crippen LogP contribution >= 0.6 is 11.6 Å². The van der Waals surface area contributed by atoms with E-state index in [2.05, 4.69) is 46.0 Å². The molecule has 1 N–H and O–H groups in total. The van der Waals surface area contributed by atoms with Crippen molar-refractivity contribution in [2.45, 2.75) is 33.1 Å². The lowest BCUT2D eigenvalue weighted by atomic mass is 10.2. The topological polar surface area (TPSA) is 55.6 Å². The van der Waals surface area contributed by atoms with Crippen molar-refractivity contribution in [3.8, 4) is 0 Å². The number of nitrogens with one attached hydrogen (secondary N) is 1. The second-order valence-electron chi connectivity index (χ2n) is 5.85. The number of benzene rings is 1. The standard InChI is InChI=1S/C18H22ClN5/c1-4-13-17(19)21-12(2)22-18(13)20-11-7-10-16-23-14-8-5-6-9-15(14)24(16)3/h5-6,8-9H,4,7,10-11H2,1-3H3,(H,20,21,22). The molecule has 0 atom stereocenters. The number of hydrogen-bond donors (Lipinski definition) is 1. The Labute approximate surface area is 147 Å². The number of aromatic nitrogens is 4. The molecule has 1 aromatic carbocycles. The summed E-state index contributed by atoms with van der Waals surface area (Å²) in [6, 6.07) is 8.22. The number of imidazole rings is 1. The summed E-state index contributed by atoms with van der Waals surface area (Å²) in [5, 5.41) is 3.94. The summed E-state index contributed by atoms with van der Waals surface area (Å²) >= 11 is 6.20. The second-order valence-corrected chi connectivity index (χ2v) is 6.21. The van der Waals surface area contributed by atoms with Crippen molar-refractivity contribution in [2.75, 3.05) is 11.9 Å². The molecule has 0 aliphatic rings. The lowest BCUT2D eigenvalue weighted by Crippen LogP contribution is -2.10. The first-order chi connectivity index (χ1) is 11.6. The smallest absolute Gasteiger partial charge is 0.138 e. The first-order valence-corrected chi connectivity index (χ1v) is 8.65. The highest BCUT2D eigenvalue weighted by molar-refractivity contribution is 6.30. The van der Waals surface area contributed by atoms with Gasteiger partial charge in [-0.05, 0) is 31.9 Å². The predicted octanol–water partition coefficient (Wildman–Crippen LogP) is 3.93. The molecule has 3 rings (SSSR count). The summed E-state index contributed by atoms with van der Waals surface area (Å²) in [4.78, 5) is 13.4. The quantitative estimate of drug-likeness (QED) is 0.544. The average molecular weight is 344 g/mol. The van der Waals surface area contributed by atoms with Crippen molar-refractivity contribution in [2.24, 2.45) is 7.05 Å². The Morgan fingerprint density at radius 2 is 1.96 bits per heavy atom. The Kier molecular flexibility index (Phi) is 5.00. The zero-order chi connectivity index (χ0) is 17.1. The summed E-state index contributed by atoms with van der Waals surface area (Å²) in [6.07, 6.45) is 2.70. The van der Waals surface area contributed by atoms with Crippen molar-refractivity contribution in [3.63, 3.8) is 0 Å². The number of nitrogens with zero attached hydrogens (tertiary/aromatic N) is 4. The molecule has 6 heteroatoms. The first kappa shape index (κ1) is 16.7. The van der Waals surface area contributed by atoms with E-state index in [-0.39, 0.29) is 0 Å². The fraction of sp³-hybridized carbons (Fsp3) is 0.389. The normalized spacial score (nSPS) is 11.2. The van der Waals surface area contributed by atoms with Crippen LogP contribution in [0.25, 0.3) is 11.0 Å². The highest BCUT2D eigenvalue weighted by Crippen LogP contribution is 2.22. The molecule has 0 unspecified atom stereocenters. The third-order valence-electron chi connectivity index (χ3n) is 4.17. The van der Waals surface area contributed by atoms with Crippen LogP contribution in [0.5, 0.6) is 0 Å². The molecule has 5 nitrogen and oxygen atoms in total. The number of anilines is 1. The van der Waals surface area contributed by atoms with Crippen molar-refractivity contribution >= 4 is 28.5 Å². The molecule has 2 heterocycles. The minimum atomic E-state index is 0.544. The number of aryl methyl sites for hydroxylation is 3. The summed E-state index contributed by atoms with van der Waals surface area (Å²) in [5.74, 6) is 2.64. The van der Waals surface area contributed by atoms with Crippen LogP contribution < -0.4 is 5.32 Å². The largest absolute Gasteiger partial charge is 0.370 e. The average Bonchev–Trinajstić information content (AvgIpc) is 2.88. The van der Waals surface area contributed by atoms with Gasteiger partial charge in [0.2, 0.25) is 0 Å². The van der Waals surface area contributed by atoms with Crippen molar-refractivity contribution in [3.05, 3.63) is 46.6 Å². The molecule has 24 heavy (non-hydrogen) atoms. The zero-order valence-corrected chi connectivity index (χ0v) is 15.1. The van der Waals surface area contributed by atoms with Gasteiger partial charge in [-0.1, -0.05) is 30.7 Å². The van der Waals surface area contributed by atoms with E-state index in [1.165, 1.54) is 5.52 Å². The minimum Gasteiger partial charge on any atom is -0.370 e. The molecule has 0 bridgehead atoms. The van der Waals surface area contributed by atoms with Gasteiger partial charge in [-0.2, -0.15) is 0 Å². The van der Waals surface area contributed by atoms with Crippen molar-refractivity contribution in [1.29, 1.82) is 0 Å². The first-order valence-electron chi connectivity index (χ1n) is 8.27. The van der Waals surface area contributed by atoms with Crippen LogP contribution in [0, 0.1) is 6.92 Å². The molecule has 0 radical (unpaired) electrons. The van der Waals surface area contributed by atoms with Crippen LogP contribution in [-0.2, 0) is 19.9 Å². The van der Waals surface area contributed by atoms with Gasteiger partial charge < -0.3 is 9.88 Å². The van der Waals surface area contributed by atoms with E-state index in [0.717, 1.165) is 48.5 Å². The molecule has 0 saturated heterocycles. The molecule has 0 fully saturated rings. The summed E-state index contributed by atoms with van der Waals surface area (Å²) in [7, 11) is 2.07. The van der Waals surface area contributed by atoms with E-state index in [1.54, 1.807) is 0 Å². The molecule has 126 valence electrons. The number of rotatable bonds is 6. The van der Waals surface area contributed by atoms with Gasteiger partial charge in [0.25, 0.3) is 0 Å². The lowest BCUT2D eigenvalue weighted by Gasteiger charge is -2.11. The maximum absolute atomic E-state index is 6.20. The van der Waals surface area contributed by atoms with Crippen LogP contribution in [0.4, 0.5) is 5.82 Å². The molecular formula is C18H22ClN5. The van der Waals surface area contributed by atoms with Gasteiger partial charge in [0.1, 0.15) is 22.6 Å². The number of para-hydroxylation sites is 2. The van der Waals surface area contributed by atoms with Crippen LogP contribution in [-0.4, -0.2) is 26.1 Å². The monoisotopic (exact) mass is 343 g/mol. The highest BCUT2D eigenvalue weighted by atomic mass is 35.5. The maximum atomic E-state index is 6.20.